The topological polar surface area (TPSA) is 19.0 Å². The van der Waals surface area contributed by atoms with E-state index in [9.17, 15) is 0 Å². The number of nitrogens with zero attached hydrogens (tertiary/aromatic N) is 1. The monoisotopic (exact) mass is 282 g/mol. The van der Waals surface area contributed by atoms with Crippen LogP contribution in [0, 0.1) is 0 Å². The molecule has 20 heavy (non-hydrogen) atoms. The van der Waals surface area contributed by atoms with Crippen molar-refractivity contribution in [2.24, 2.45) is 0 Å². The largest absolute Gasteiger partial charge is 0.361 e. The molecule has 3 aromatic rings. The van der Waals surface area contributed by atoms with Crippen LogP contribution in [0.15, 0.2) is 41.9 Å². The Morgan fingerprint density at radius 3 is 3.00 bits per heavy atom. The van der Waals surface area contributed by atoms with Crippen molar-refractivity contribution in [1.82, 2.24) is 9.88 Å². The molecule has 0 spiro atoms. The number of likely N-dealkylation sites (N-methyl/N-ethyl adjacent to an activating group) is 1. The third kappa shape index (κ3) is 1.98. The Kier molecular flexibility index (Phi) is 2.90. The fourth-order valence-corrected chi connectivity index (χ4v) is 3.99. The lowest BCUT2D eigenvalue weighted by Gasteiger charge is -2.10. The molecule has 3 heterocycles. The Balaban J connectivity index is 1.80. The Morgan fingerprint density at radius 2 is 2.25 bits per heavy atom. The average Bonchev–Trinajstić information content (AvgIpc) is 3.17. The zero-order valence-corrected chi connectivity index (χ0v) is 12.4. The number of likely N-dealkylation sites (tertiary alicyclic amines) is 1. The van der Waals surface area contributed by atoms with E-state index in [0.717, 1.165) is 0 Å². The Morgan fingerprint density at radius 1 is 1.30 bits per heavy atom. The molecule has 1 fully saturated rings. The Bertz CT molecular complexity index is 727. The second-order valence-electron chi connectivity index (χ2n) is 5.73. The molecule has 1 aliphatic rings. The summed E-state index contributed by atoms with van der Waals surface area (Å²) in [6.07, 6.45) is 3.49. The first-order chi connectivity index (χ1) is 9.81. The zero-order valence-electron chi connectivity index (χ0n) is 11.6. The van der Waals surface area contributed by atoms with Gasteiger partial charge in [0.2, 0.25) is 0 Å². The van der Waals surface area contributed by atoms with Crippen LogP contribution in [0.1, 0.15) is 17.9 Å². The molecule has 1 N–H and O–H groups in total. The molecule has 0 amide bonds. The van der Waals surface area contributed by atoms with Crippen molar-refractivity contribution in [2.45, 2.75) is 12.3 Å². The maximum absolute atomic E-state index is 3.44. The molecule has 2 nitrogen and oxygen atoms in total. The van der Waals surface area contributed by atoms with Gasteiger partial charge in [0.05, 0.1) is 0 Å². The van der Waals surface area contributed by atoms with Crippen LogP contribution in [-0.4, -0.2) is 30.0 Å². The lowest BCUT2D eigenvalue weighted by molar-refractivity contribution is 0.412. The van der Waals surface area contributed by atoms with E-state index in [0.29, 0.717) is 5.92 Å². The van der Waals surface area contributed by atoms with E-state index >= 15 is 0 Å². The first-order valence-electron chi connectivity index (χ1n) is 7.15. The second-order valence-corrected chi connectivity index (χ2v) is 6.68. The lowest BCUT2D eigenvalue weighted by atomic mass is 9.97. The predicted octanol–water partition coefficient (Wildman–Crippen LogP) is 4.32. The molecule has 1 unspecified atom stereocenters. The van der Waals surface area contributed by atoms with Crippen molar-refractivity contribution in [3.8, 4) is 10.4 Å². The highest BCUT2D eigenvalue weighted by atomic mass is 32.1. The smallest absolute Gasteiger partial charge is 0.0457 e. The number of rotatable bonds is 2. The van der Waals surface area contributed by atoms with E-state index in [1.54, 1.807) is 0 Å². The number of fused-ring (bicyclic) bond motifs is 1. The molecule has 0 saturated carbocycles. The molecule has 4 rings (SSSR count). The van der Waals surface area contributed by atoms with Crippen molar-refractivity contribution < 1.29 is 0 Å². The molecule has 0 aliphatic carbocycles. The number of nitrogens with one attached hydrogen (secondary N) is 1. The summed E-state index contributed by atoms with van der Waals surface area (Å²) in [5.41, 5.74) is 4.08. The van der Waals surface area contributed by atoms with E-state index in [1.807, 2.05) is 11.3 Å². The number of hydrogen-bond acceptors (Lipinski definition) is 2. The van der Waals surface area contributed by atoms with Crippen LogP contribution in [0.25, 0.3) is 21.3 Å². The van der Waals surface area contributed by atoms with Crippen molar-refractivity contribution >= 4 is 22.2 Å². The van der Waals surface area contributed by atoms with E-state index < -0.39 is 0 Å². The number of H-pyrrole nitrogens is 1. The van der Waals surface area contributed by atoms with Gasteiger partial charge in [-0.25, -0.2) is 0 Å². The molecule has 0 bridgehead atoms. The van der Waals surface area contributed by atoms with Gasteiger partial charge < -0.3 is 9.88 Å². The maximum atomic E-state index is 3.44. The van der Waals surface area contributed by atoms with Gasteiger partial charge in [-0.3, -0.25) is 0 Å². The fourth-order valence-electron chi connectivity index (χ4n) is 3.26. The summed E-state index contributed by atoms with van der Waals surface area (Å²) >= 11 is 1.81. The summed E-state index contributed by atoms with van der Waals surface area (Å²) in [6, 6.07) is 11.1. The van der Waals surface area contributed by atoms with Crippen LogP contribution in [0.5, 0.6) is 0 Å². The summed E-state index contributed by atoms with van der Waals surface area (Å²) in [4.78, 5) is 7.21. The van der Waals surface area contributed by atoms with Crippen molar-refractivity contribution in [1.29, 1.82) is 0 Å². The number of benzene rings is 1. The minimum atomic E-state index is 0.673. The summed E-state index contributed by atoms with van der Waals surface area (Å²) in [5.74, 6) is 0.673. The SMILES string of the molecule is CN1CCC(c2c[nH]c3ccc(-c4cccs4)cc23)C1. The summed E-state index contributed by atoms with van der Waals surface area (Å²) < 4.78 is 0. The van der Waals surface area contributed by atoms with E-state index in [2.05, 4.69) is 58.8 Å². The maximum Gasteiger partial charge on any atom is 0.0457 e. The van der Waals surface area contributed by atoms with Gasteiger partial charge in [0.25, 0.3) is 0 Å². The van der Waals surface area contributed by atoms with Crippen LogP contribution < -0.4 is 0 Å². The van der Waals surface area contributed by atoms with Crippen LogP contribution in [-0.2, 0) is 0 Å². The van der Waals surface area contributed by atoms with Crippen LogP contribution in [0.3, 0.4) is 0 Å². The quantitative estimate of drug-likeness (QED) is 0.742. The van der Waals surface area contributed by atoms with Gasteiger partial charge in [0.1, 0.15) is 0 Å². The van der Waals surface area contributed by atoms with Gasteiger partial charge >= 0.3 is 0 Å². The molecule has 2 aromatic heterocycles. The van der Waals surface area contributed by atoms with Gasteiger partial charge in [-0.15, -0.1) is 11.3 Å². The van der Waals surface area contributed by atoms with E-state index in [1.165, 1.54) is 46.4 Å². The number of aromatic nitrogens is 1. The standard InChI is InChI=1S/C17H18N2S/c1-19-7-6-13(11-19)15-10-18-16-5-4-12(9-14(15)16)17-3-2-8-20-17/h2-5,8-10,13,18H,6-7,11H2,1H3. The molecule has 3 heteroatoms. The highest BCUT2D eigenvalue weighted by Crippen LogP contribution is 2.35. The third-order valence-corrected chi connectivity index (χ3v) is 5.27. The van der Waals surface area contributed by atoms with Crippen LogP contribution in [0.4, 0.5) is 0 Å². The van der Waals surface area contributed by atoms with Crippen LogP contribution >= 0.6 is 11.3 Å². The molecule has 1 atom stereocenters. The van der Waals surface area contributed by atoms with Gasteiger partial charge in [-0.05, 0) is 60.6 Å². The summed E-state index contributed by atoms with van der Waals surface area (Å²) in [5, 5.41) is 3.54. The fraction of sp³-hybridized carbons (Fsp3) is 0.294. The highest BCUT2D eigenvalue weighted by Gasteiger charge is 2.23. The Hall–Kier alpha value is -1.58. The minimum absolute atomic E-state index is 0.673. The highest BCUT2D eigenvalue weighted by molar-refractivity contribution is 7.13. The summed E-state index contributed by atoms with van der Waals surface area (Å²) in [7, 11) is 2.21. The lowest BCUT2D eigenvalue weighted by Crippen LogP contribution is -2.13. The Labute approximate surface area is 123 Å². The first kappa shape index (κ1) is 12.2. The molecular weight excluding hydrogens is 264 g/mol. The van der Waals surface area contributed by atoms with Gasteiger partial charge in [0, 0.05) is 28.5 Å². The van der Waals surface area contributed by atoms with Crippen molar-refractivity contribution in [3.63, 3.8) is 0 Å². The molecule has 102 valence electrons. The van der Waals surface area contributed by atoms with Crippen molar-refractivity contribution in [3.05, 3.63) is 47.5 Å². The number of hydrogen-bond donors (Lipinski definition) is 1. The van der Waals surface area contributed by atoms with Gasteiger partial charge in [-0.1, -0.05) is 12.1 Å². The average molecular weight is 282 g/mol. The first-order valence-corrected chi connectivity index (χ1v) is 8.03. The molecule has 1 saturated heterocycles. The minimum Gasteiger partial charge on any atom is -0.361 e. The van der Waals surface area contributed by atoms with Gasteiger partial charge in [-0.2, -0.15) is 0 Å². The molecule has 1 aromatic carbocycles. The van der Waals surface area contributed by atoms with E-state index in [-0.39, 0.29) is 0 Å². The molecule has 1 aliphatic heterocycles. The van der Waals surface area contributed by atoms with Crippen LogP contribution in [0.2, 0.25) is 0 Å². The number of aromatic amines is 1. The van der Waals surface area contributed by atoms with Gasteiger partial charge in [0.15, 0.2) is 0 Å². The van der Waals surface area contributed by atoms with E-state index in [4.69, 9.17) is 0 Å². The molecule has 0 radical (unpaired) electrons. The molecular formula is C17H18N2S. The number of thiophene rings is 1. The second kappa shape index (κ2) is 4.76. The summed E-state index contributed by atoms with van der Waals surface area (Å²) in [6.45, 7) is 2.39. The third-order valence-electron chi connectivity index (χ3n) is 4.35. The normalized spacial score (nSPS) is 19.9. The predicted molar refractivity (Wildman–Crippen MR) is 86.5 cm³/mol. The van der Waals surface area contributed by atoms with Crippen molar-refractivity contribution in [2.75, 3.05) is 20.1 Å². The zero-order chi connectivity index (χ0) is 13.5.